The summed E-state index contributed by atoms with van der Waals surface area (Å²) in [5.41, 5.74) is 1.14. The van der Waals surface area contributed by atoms with Crippen molar-refractivity contribution in [2.75, 3.05) is 0 Å². The first-order valence-corrected chi connectivity index (χ1v) is 5.90. The fraction of sp³-hybridized carbons (Fsp3) is 0.0769. The van der Waals surface area contributed by atoms with Crippen LogP contribution in [0.15, 0.2) is 34.7 Å². The van der Waals surface area contributed by atoms with Gasteiger partial charge in [-0.2, -0.15) is 5.10 Å². The summed E-state index contributed by atoms with van der Waals surface area (Å²) in [6.07, 6.45) is 0. The van der Waals surface area contributed by atoms with Crippen LogP contribution in [0.5, 0.6) is 0 Å². The van der Waals surface area contributed by atoms with Crippen LogP contribution < -0.4 is 0 Å². The monoisotopic (exact) mass is 276 g/mol. The van der Waals surface area contributed by atoms with Gasteiger partial charge in [0.25, 0.3) is 0 Å². The van der Waals surface area contributed by atoms with Gasteiger partial charge < -0.3 is 9.52 Å². The first kappa shape index (κ1) is 11.8. The molecule has 19 heavy (non-hydrogen) atoms. The predicted molar refractivity (Wildman–Crippen MR) is 70.4 cm³/mol. The first-order valence-electron chi connectivity index (χ1n) is 5.52. The van der Waals surface area contributed by atoms with E-state index in [1.165, 1.54) is 10.7 Å². The quantitative estimate of drug-likeness (QED) is 0.780. The number of hydrogen-bond acceptors (Lipinski definition) is 3. The minimum Gasteiger partial charge on any atom is -0.476 e. The molecule has 0 radical (unpaired) electrons. The van der Waals surface area contributed by atoms with E-state index in [9.17, 15) is 4.79 Å². The molecule has 1 N–H and O–H groups in total. The molecule has 96 valence electrons. The zero-order valence-electron chi connectivity index (χ0n) is 9.92. The van der Waals surface area contributed by atoms with Gasteiger partial charge in [0, 0.05) is 18.5 Å². The van der Waals surface area contributed by atoms with E-state index in [1.54, 1.807) is 13.1 Å². The number of aromatic nitrogens is 2. The second-order valence-electron chi connectivity index (χ2n) is 4.11. The molecule has 0 atom stereocenters. The molecule has 0 spiro atoms. The van der Waals surface area contributed by atoms with E-state index in [4.69, 9.17) is 21.1 Å². The van der Waals surface area contributed by atoms with E-state index < -0.39 is 5.97 Å². The van der Waals surface area contributed by atoms with Gasteiger partial charge in [-0.05, 0) is 12.1 Å². The highest BCUT2D eigenvalue weighted by Crippen LogP contribution is 2.32. The summed E-state index contributed by atoms with van der Waals surface area (Å²) in [5, 5.41) is 14.2. The van der Waals surface area contributed by atoms with Gasteiger partial charge in [-0.15, -0.1) is 0 Å². The molecule has 0 saturated heterocycles. The lowest BCUT2D eigenvalue weighted by Crippen LogP contribution is -1.99. The number of hydrogen-bond donors (Lipinski definition) is 1. The number of para-hydroxylation sites is 1. The van der Waals surface area contributed by atoms with Crippen molar-refractivity contribution in [3.63, 3.8) is 0 Å². The second-order valence-corrected chi connectivity index (χ2v) is 4.52. The highest BCUT2D eigenvalue weighted by atomic mass is 35.5. The molecule has 0 fully saturated rings. The second kappa shape index (κ2) is 4.13. The zero-order valence-corrected chi connectivity index (χ0v) is 10.7. The number of halogens is 1. The van der Waals surface area contributed by atoms with Gasteiger partial charge in [-0.3, -0.25) is 4.68 Å². The molecule has 0 aliphatic heterocycles. The van der Waals surface area contributed by atoms with Crippen LogP contribution in [0, 0.1) is 0 Å². The van der Waals surface area contributed by atoms with E-state index >= 15 is 0 Å². The smallest absolute Gasteiger partial charge is 0.356 e. The molecule has 0 bridgehead atoms. The number of carboxylic acids is 1. The van der Waals surface area contributed by atoms with Crippen LogP contribution in [0.3, 0.4) is 0 Å². The maximum atomic E-state index is 10.9. The fourth-order valence-electron chi connectivity index (χ4n) is 1.96. The molecule has 0 aliphatic rings. The Kier molecular flexibility index (Phi) is 2.57. The zero-order chi connectivity index (χ0) is 13.6. The fourth-order valence-corrected chi connectivity index (χ4v) is 2.18. The molecular formula is C13H9ClN2O3. The van der Waals surface area contributed by atoms with Crippen molar-refractivity contribution < 1.29 is 14.3 Å². The standard InChI is InChI=1S/C13H9ClN2O3/c1-16-10(6-9(15-16)13(17)18)11-5-7-3-2-4-8(14)12(7)19-11/h2-6H,1H3,(H,17,18). The summed E-state index contributed by atoms with van der Waals surface area (Å²) >= 11 is 6.04. The van der Waals surface area contributed by atoms with E-state index in [-0.39, 0.29) is 5.69 Å². The summed E-state index contributed by atoms with van der Waals surface area (Å²) in [5.74, 6) is -0.540. The van der Waals surface area contributed by atoms with Crippen molar-refractivity contribution >= 4 is 28.5 Å². The van der Waals surface area contributed by atoms with Gasteiger partial charge in [-0.1, -0.05) is 23.7 Å². The van der Waals surface area contributed by atoms with Crippen LogP contribution in [0.4, 0.5) is 0 Å². The van der Waals surface area contributed by atoms with Crippen molar-refractivity contribution in [2.45, 2.75) is 0 Å². The van der Waals surface area contributed by atoms with Crippen molar-refractivity contribution in [3.8, 4) is 11.5 Å². The Hall–Kier alpha value is -2.27. The largest absolute Gasteiger partial charge is 0.476 e. The lowest BCUT2D eigenvalue weighted by atomic mass is 10.2. The molecule has 5 nitrogen and oxygen atoms in total. The summed E-state index contributed by atoms with van der Waals surface area (Å²) in [6.45, 7) is 0. The Labute approximate surface area is 113 Å². The topological polar surface area (TPSA) is 68.3 Å². The average Bonchev–Trinajstić information content (AvgIpc) is 2.93. The Balaban J connectivity index is 2.19. The molecule has 3 aromatic rings. The lowest BCUT2D eigenvalue weighted by Gasteiger charge is -1.95. The molecule has 0 aliphatic carbocycles. The summed E-state index contributed by atoms with van der Waals surface area (Å²) in [7, 11) is 1.66. The molecule has 6 heteroatoms. The van der Waals surface area contributed by atoms with Gasteiger partial charge in [0.2, 0.25) is 0 Å². The Morgan fingerprint density at radius 3 is 2.84 bits per heavy atom. The van der Waals surface area contributed by atoms with E-state index in [0.717, 1.165) is 5.39 Å². The summed E-state index contributed by atoms with van der Waals surface area (Å²) in [4.78, 5) is 10.9. The number of aryl methyl sites for hydroxylation is 1. The number of rotatable bonds is 2. The molecule has 2 heterocycles. The molecule has 2 aromatic heterocycles. The van der Waals surface area contributed by atoms with Gasteiger partial charge in [0.05, 0.1) is 5.02 Å². The molecule has 3 rings (SSSR count). The Bertz CT molecular complexity index is 788. The van der Waals surface area contributed by atoms with Crippen LogP contribution in [0.2, 0.25) is 5.02 Å². The van der Waals surface area contributed by atoms with Crippen LogP contribution >= 0.6 is 11.6 Å². The average molecular weight is 277 g/mol. The molecular weight excluding hydrogens is 268 g/mol. The van der Waals surface area contributed by atoms with Crippen molar-refractivity contribution in [1.29, 1.82) is 0 Å². The van der Waals surface area contributed by atoms with Crippen LogP contribution in [0.1, 0.15) is 10.5 Å². The van der Waals surface area contributed by atoms with Crippen LogP contribution in [0.25, 0.3) is 22.4 Å². The van der Waals surface area contributed by atoms with Gasteiger partial charge >= 0.3 is 5.97 Å². The number of carboxylic acid groups (broad SMARTS) is 1. The number of aromatic carboxylic acids is 1. The highest BCUT2D eigenvalue weighted by molar-refractivity contribution is 6.34. The SMILES string of the molecule is Cn1nc(C(=O)O)cc1-c1cc2cccc(Cl)c2o1. The van der Waals surface area contributed by atoms with Gasteiger partial charge in [-0.25, -0.2) is 4.79 Å². The summed E-state index contributed by atoms with van der Waals surface area (Å²) < 4.78 is 7.14. The normalized spacial score (nSPS) is 11.1. The highest BCUT2D eigenvalue weighted by Gasteiger charge is 2.16. The van der Waals surface area contributed by atoms with Gasteiger partial charge in [0.1, 0.15) is 5.69 Å². The number of nitrogens with zero attached hydrogens (tertiary/aromatic N) is 2. The van der Waals surface area contributed by atoms with E-state index in [0.29, 0.717) is 22.1 Å². The third-order valence-corrected chi connectivity index (χ3v) is 3.15. The maximum Gasteiger partial charge on any atom is 0.356 e. The van der Waals surface area contributed by atoms with Crippen LogP contribution in [-0.2, 0) is 7.05 Å². The van der Waals surface area contributed by atoms with E-state index in [1.807, 2.05) is 18.2 Å². The molecule has 0 amide bonds. The third kappa shape index (κ3) is 1.88. The number of carbonyl (C=O) groups is 1. The van der Waals surface area contributed by atoms with Crippen molar-refractivity contribution in [1.82, 2.24) is 9.78 Å². The Morgan fingerprint density at radius 1 is 1.42 bits per heavy atom. The number of furan rings is 1. The van der Waals surface area contributed by atoms with E-state index in [2.05, 4.69) is 5.10 Å². The maximum absolute atomic E-state index is 10.9. The van der Waals surface area contributed by atoms with Crippen molar-refractivity contribution in [2.24, 2.45) is 7.05 Å². The Morgan fingerprint density at radius 2 is 2.21 bits per heavy atom. The van der Waals surface area contributed by atoms with Crippen LogP contribution in [-0.4, -0.2) is 20.9 Å². The lowest BCUT2D eigenvalue weighted by molar-refractivity contribution is 0.0689. The summed E-state index contributed by atoms with van der Waals surface area (Å²) in [6, 6.07) is 8.72. The van der Waals surface area contributed by atoms with Gasteiger partial charge in [0.15, 0.2) is 17.0 Å². The number of fused-ring (bicyclic) bond motifs is 1. The molecule has 0 saturated carbocycles. The van der Waals surface area contributed by atoms with Crippen molar-refractivity contribution in [3.05, 3.63) is 41.0 Å². The third-order valence-electron chi connectivity index (χ3n) is 2.85. The number of benzene rings is 1. The predicted octanol–water partition coefficient (Wildman–Crippen LogP) is 3.18. The minimum atomic E-state index is -1.07. The molecule has 0 unspecified atom stereocenters. The minimum absolute atomic E-state index is 0.0240. The molecule has 1 aromatic carbocycles. The first-order chi connectivity index (χ1) is 9.06.